The number of aromatic amines is 1. The number of nitrogens with zero attached hydrogens (tertiary/aromatic N) is 3. The maximum atomic E-state index is 13.1. The summed E-state index contributed by atoms with van der Waals surface area (Å²) in [4.78, 5) is 48.0. The van der Waals surface area contributed by atoms with E-state index in [4.69, 9.17) is 4.98 Å². The van der Waals surface area contributed by atoms with Crippen molar-refractivity contribution < 1.29 is 14.4 Å². The Morgan fingerprint density at radius 2 is 1.90 bits per heavy atom. The standard InChI is InChI=1S/C23H22N4O3S/c28-20-14-31-23(30)27(20)13-15-4-3-5-17(12-15)22(29)26-10-8-16(9-11-26)21-24-18-6-1-2-7-19(18)25-21/h1-7,12,16H,8-11,13-14H2,(H,24,25). The molecule has 2 aliphatic heterocycles. The lowest BCUT2D eigenvalue weighted by molar-refractivity contribution is -0.125. The van der Waals surface area contributed by atoms with Gasteiger partial charge in [0.1, 0.15) is 5.82 Å². The third-order valence-corrected chi connectivity index (χ3v) is 6.79. The number of piperidine rings is 1. The van der Waals surface area contributed by atoms with Crippen molar-refractivity contribution in [2.75, 3.05) is 18.8 Å². The number of nitrogens with one attached hydrogen (secondary N) is 1. The lowest BCUT2D eigenvalue weighted by Crippen LogP contribution is -2.38. The summed E-state index contributed by atoms with van der Waals surface area (Å²) in [7, 11) is 0. The quantitative estimate of drug-likeness (QED) is 0.675. The van der Waals surface area contributed by atoms with E-state index in [0.29, 0.717) is 24.6 Å². The minimum Gasteiger partial charge on any atom is -0.342 e. The number of carbonyl (C=O) groups is 3. The molecule has 158 valence electrons. The van der Waals surface area contributed by atoms with Crippen molar-refractivity contribution in [3.63, 3.8) is 0 Å². The highest BCUT2D eigenvalue weighted by Gasteiger charge is 2.30. The van der Waals surface area contributed by atoms with Crippen LogP contribution in [0.25, 0.3) is 11.0 Å². The molecule has 0 unspecified atom stereocenters. The molecule has 0 atom stereocenters. The van der Waals surface area contributed by atoms with E-state index in [-0.39, 0.29) is 29.4 Å². The van der Waals surface area contributed by atoms with Gasteiger partial charge in [0, 0.05) is 24.6 Å². The van der Waals surface area contributed by atoms with Gasteiger partial charge < -0.3 is 9.88 Å². The largest absolute Gasteiger partial charge is 0.342 e. The van der Waals surface area contributed by atoms with Crippen molar-refractivity contribution in [1.82, 2.24) is 19.8 Å². The van der Waals surface area contributed by atoms with Crippen LogP contribution in [0.5, 0.6) is 0 Å². The van der Waals surface area contributed by atoms with Crippen LogP contribution in [0.15, 0.2) is 48.5 Å². The first kappa shape index (κ1) is 19.8. The molecule has 0 radical (unpaired) electrons. The van der Waals surface area contributed by atoms with E-state index in [9.17, 15) is 14.4 Å². The van der Waals surface area contributed by atoms with Crippen LogP contribution in [0.4, 0.5) is 4.79 Å². The van der Waals surface area contributed by atoms with E-state index in [2.05, 4.69) is 4.98 Å². The zero-order chi connectivity index (χ0) is 21.4. The second-order valence-electron chi connectivity index (χ2n) is 7.94. The fraction of sp³-hybridized carbons (Fsp3) is 0.304. The molecule has 7 nitrogen and oxygen atoms in total. The van der Waals surface area contributed by atoms with Crippen LogP contribution in [-0.2, 0) is 11.3 Å². The molecule has 3 amide bonds. The zero-order valence-electron chi connectivity index (χ0n) is 16.9. The second-order valence-corrected chi connectivity index (χ2v) is 8.87. The molecule has 3 heterocycles. The van der Waals surface area contributed by atoms with Crippen molar-refractivity contribution in [1.29, 1.82) is 0 Å². The Hall–Kier alpha value is -3.13. The van der Waals surface area contributed by atoms with Crippen molar-refractivity contribution in [3.05, 3.63) is 65.5 Å². The number of thioether (sulfide) groups is 1. The molecule has 5 rings (SSSR count). The highest BCUT2D eigenvalue weighted by Crippen LogP contribution is 2.28. The molecule has 2 fully saturated rings. The van der Waals surface area contributed by atoms with E-state index in [0.717, 1.165) is 47.0 Å². The molecule has 2 aromatic carbocycles. The van der Waals surface area contributed by atoms with Gasteiger partial charge in [0.05, 0.1) is 23.3 Å². The minimum absolute atomic E-state index is 0.0154. The van der Waals surface area contributed by atoms with Gasteiger partial charge in [-0.1, -0.05) is 36.0 Å². The first-order valence-corrected chi connectivity index (χ1v) is 11.4. The first-order valence-electron chi connectivity index (χ1n) is 10.4. The van der Waals surface area contributed by atoms with Gasteiger partial charge in [-0.2, -0.15) is 0 Å². The molecule has 8 heteroatoms. The van der Waals surface area contributed by atoms with Crippen LogP contribution < -0.4 is 0 Å². The molecule has 1 N–H and O–H groups in total. The Morgan fingerprint density at radius 1 is 1.10 bits per heavy atom. The molecule has 0 aliphatic carbocycles. The first-order chi connectivity index (χ1) is 15.1. The fourth-order valence-corrected chi connectivity index (χ4v) is 4.95. The summed E-state index contributed by atoms with van der Waals surface area (Å²) < 4.78 is 0. The number of para-hydroxylation sites is 2. The Labute approximate surface area is 183 Å². The average molecular weight is 435 g/mol. The summed E-state index contributed by atoms with van der Waals surface area (Å²) in [5, 5.41) is -0.227. The monoisotopic (exact) mass is 434 g/mol. The van der Waals surface area contributed by atoms with Crippen LogP contribution in [0.3, 0.4) is 0 Å². The maximum Gasteiger partial charge on any atom is 0.289 e. The van der Waals surface area contributed by atoms with Gasteiger partial charge in [-0.05, 0) is 42.7 Å². The normalized spacial score (nSPS) is 17.7. The zero-order valence-corrected chi connectivity index (χ0v) is 17.7. The number of fused-ring (bicyclic) bond motifs is 1. The SMILES string of the molecule is O=C(c1cccc(CN2C(=O)CSC2=O)c1)N1CCC(c2nc3ccccc3[nH]2)CC1. The third kappa shape index (κ3) is 3.95. The van der Waals surface area contributed by atoms with Crippen LogP contribution in [0, 0.1) is 0 Å². The van der Waals surface area contributed by atoms with Gasteiger partial charge in [0.15, 0.2) is 0 Å². The number of carbonyl (C=O) groups excluding carboxylic acids is 3. The van der Waals surface area contributed by atoms with Crippen molar-refractivity contribution in [2.45, 2.75) is 25.3 Å². The predicted octanol–water partition coefficient (Wildman–Crippen LogP) is 3.78. The summed E-state index contributed by atoms with van der Waals surface area (Å²) in [5.41, 5.74) is 3.39. The van der Waals surface area contributed by atoms with Crippen molar-refractivity contribution in [3.8, 4) is 0 Å². The van der Waals surface area contributed by atoms with Crippen LogP contribution in [0.1, 0.15) is 40.5 Å². The minimum atomic E-state index is -0.227. The smallest absolute Gasteiger partial charge is 0.289 e. The topological polar surface area (TPSA) is 86.4 Å². The van der Waals surface area contributed by atoms with E-state index in [1.807, 2.05) is 41.3 Å². The summed E-state index contributed by atoms with van der Waals surface area (Å²) in [6.07, 6.45) is 1.72. The molecule has 0 bridgehead atoms. The lowest BCUT2D eigenvalue weighted by atomic mass is 9.95. The predicted molar refractivity (Wildman–Crippen MR) is 119 cm³/mol. The number of rotatable bonds is 4. The number of imide groups is 1. The molecule has 31 heavy (non-hydrogen) atoms. The van der Waals surface area contributed by atoms with Crippen molar-refractivity contribution >= 4 is 39.8 Å². The number of H-pyrrole nitrogens is 1. The second kappa shape index (κ2) is 8.19. The van der Waals surface area contributed by atoms with E-state index in [1.54, 1.807) is 12.1 Å². The number of hydrogen-bond acceptors (Lipinski definition) is 5. The highest BCUT2D eigenvalue weighted by atomic mass is 32.2. The molecular formula is C23H22N4O3S. The summed E-state index contributed by atoms with van der Waals surface area (Å²) in [6.45, 7) is 1.55. The van der Waals surface area contributed by atoms with Gasteiger partial charge in [0.2, 0.25) is 5.91 Å². The van der Waals surface area contributed by atoms with Crippen LogP contribution in [-0.4, -0.2) is 55.7 Å². The van der Waals surface area contributed by atoms with E-state index in [1.165, 1.54) is 4.90 Å². The summed E-state index contributed by atoms with van der Waals surface area (Å²) >= 11 is 1.02. The number of imidazole rings is 1. The molecule has 0 saturated carbocycles. The van der Waals surface area contributed by atoms with Crippen LogP contribution in [0.2, 0.25) is 0 Å². The molecule has 2 aliphatic rings. The number of amides is 3. The van der Waals surface area contributed by atoms with Gasteiger partial charge in [-0.15, -0.1) is 0 Å². The molecular weight excluding hydrogens is 412 g/mol. The number of aromatic nitrogens is 2. The summed E-state index contributed by atoms with van der Waals surface area (Å²) in [6, 6.07) is 15.2. The van der Waals surface area contributed by atoms with Gasteiger partial charge in [-0.3, -0.25) is 19.3 Å². The summed E-state index contributed by atoms with van der Waals surface area (Å²) in [5.74, 6) is 1.30. The Kier molecular flexibility index (Phi) is 5.23. The molecule has 3 aromatic rings. The molecule has 1 aromatic heterocycles. The van der Waals surface area contributed by atoms with Crippen molar-refractivity contribution in [2.24, 2.45) is 0 Å². The van der Waals surface area contributed by atoms with Gasteiger partial charge in [0.25, 0.3) is 11.1 Å². The van der Waals surface area contributed by atoms with E-state index < -0.39 is 0 Å². The Morgan fingerprint density at radius 3 is 2.65 bits per heavy atom. The number of benzene rings is 2. The van der Waals surface area contributed by atoms with Gasteiger partial charge in [-0.25, -0.2) is 4.98 Å². The Balaban J connectivity index is 1.24. The fourth-order valence-electron chi connectivity index (χ4n) is 4.22. The average Bonchev–Trinajstić information content (AvgIpc) is 3.37. The Bertz CT molecular complexity index is 1120. The lowest BCUT2D eigenvalue weighted by Gasteiger charge is -2.31. The number of likely N-dealkylation sites (tertiary alicyclic amines) is 1. The number of hydrogen-bond donors (Lipinski definition) is 1. The molecule has 2 saturated heterocycles. The third-order valence-electron chi connectivity index (χ3n) is 5.93. The highest BCUT2D eigenvalue weighted by molar-refractivity contribution is 8.14. The molecule has 0 spiro atoms. The van der Waals surface area contributed by atoms with Crippen LogP contribution >= 0.6 is 11.8 Å². The maximum absolute atomic E-state index is 13.1. The van der Waals surface area contributed by atoms with E-state index >= 15 is 0 Å². The van der Waals surface area contributed by atoms with Gasteiger partial charge >= 0.3 is 0 Å².